The maximum Gasteiger partial charge on any atom is 0.416 e. The zero-order chi connectivity index (χ0) is 14.5. The molecule has 19 heavy (non-hydrogen) atoms. The van der Waals surface area contributed by atoms with Gasteiger partial charge in [0.25, 0.3) is 0 Å². The first-order valence-corrected chi connectivity index (χ1v) is 6.37. The van der Waals surface area contributed by atoms with Gasteiger partial charge in [-0.25, -0.2) is 0 Å². The van der Waals surface area contributed by atoms with Gasteiger partial charge < -0.3 is 10.1 Å². The van der Waals surface area contributed by atoms with Gasteiger partial charge in [-0.05, 0) is 24.1 Å². The molecule has 1 aromatic carbocycles. The third-order valence-corrected chi connectivity index (χ3v) is 2.64. The van der Waals surface area contributed by atoms with E-state index in [9.17, 15) is 13.2 Å². The molecule has 6 heteroatoms. The maximum atomic E-state index is 12.5. The highest BCUT2D eigenvalue weighted by Gasteiger charge is 2.30. The van der Waals surface area contributed by atoms with E-state index in [1.54, 1.807) is 0 Å². The highest BCUT2D eigenvalue weighted by atomic mass is 35.5. The highest BCUT2D eigenvalue weighted by Crippen LogP contribution is 2.33. The first-order valence-electron chi connectivity index (χ1n) is 5.99. The molecule has 0 fully saturated rings. The number of anilines is 1. The van der Waals surface area contributed by atoms with Crippen LogP contribution in [0.3, 0.4) is 0 Å². The summed E-state index contributed by atoms with van der Waals surface area (Å²) in [5.41, 5.74) is -0.452. The zero-order valence-electron chi connectivity index (χ0n) is 10.9. The molecular formula is C13H17ClF3NO. The molecule has 0 aliphatic heterocycles. The molecule has 0 unspecified atom stereocenters. The van der Waals surface area contributed by atoms with Crippen molar-refractivity contribution >= 4 is 17.3 Å². The van der Waals surface area contributed by atoms with Crippen molar-refractivity contribution in [2.45, 2.75) is 20.0 Å². The number of nitrogens with one attached hydrogen (secondary N) is 1. The van der Waals surface area contributed by atoms with Crippen LogP contribution in [0.25, 0.3) is 0 Å². The second-order valence-corrected chi connectivity index (χ2v) is 5.00. The summed E-state index contributed by atoms with van der Waals surface area (Å²) >= 11 is 5.84. The fraction of sp³-hybridized carbons (Fsp3) is 0.538. The summed E-state index contributed by atoms with van der Waals surface area (Å²) in [5, 5.41) is 3.10. The summed E-state index contributed by atoms with van der Waals surface area (Å²) in [6, 6.07) is 3.20. The van der Waals surface area contributed by atoms with Crippen molar-refractivity contribution in [1.82, 2.24) is 0 Å². The van der Waals surface area contributed by atoms with Gasteiger partial charge >= 0.3 is 6.18 Å². The van der Waals surface area contributed by atoms with Crippen LogP contribution in [-0.4, -0.2) is 19.8 Å². The van der Waals surface area contributed by atoms with Crippen molar-refractivity contribution in [3.8, 4) is 0 Å². The van der Waals surface area contributed by atoms with Crippen LogP contribution >= 0.6 is 11.6 Å². The Balaban J connectivity index is 2.53. The topological polar surface area (TPSA) is 21.3 Å². The van der Waals surface area contributed by atoms with E-state index >= 15 is 0 Å². The van der Waals surface area contributed by atoms with Gasteiger partial charge in [0.1, 0.15) is 0 Å². The van der Waals surface area contributed by atoms with Gasteiger partial charge in [-0.2, -0.15) is 13.2 Å². The Kier molecular flexibility index (Phi) is 5.94. The lowest BCUT2D eigenvalue weighted by Crippen LogP contribution is -2.13. The molecule has 0 atom stereocenters. The number of hydrogen-bond acceptors (Lipinski definition) is 2. The maximum absolute atomic E-state index is 12.5. The van der Waals surface area contributed by atoms with Crippen molar-refractivity contribution < 1.29 is 17.9 Å². The summed E-state index contributed by atoms with van der Waals surface area (Å²) in [7, 11) is 0. The molecule has 0 spiro atoms. The number of halogens is 4. The fourth-order valence-corrected chi connectivity index (χ4v) is 1.60. The molecule has 1 N–H and O–H groups in total. The second kappa shape index (κ2) is 7.01. The van der Waals surface area contributed by atoms with Crippen LogP contribution < -0.4 is 5.32 Å². The number of rotatable bonds is 6. The van der Waals surface area contributed by atoms with E-state index in [0.29, 0.717) is 25.7 Å². The number of benzene rings is 1. The molecule has 0 aliphatic rings. The molecule has 0 saturated heterocycles. The Hall–Kier alpha value is -0.940. The van der Waals surface area contributed by atoms with Crippen LogP contribution in [0.5, 0.6) is 0 Å². The lowest BCUT2D eigenvalue weighted by atomic mass is 10.2. The van der Waals surface area contributed by atoms with Crippen LogP contribution in [0.2, 0.25) is 5.02 Å². The third kappa shape index (κ3) is 5.70. The lowest BCUT2D eigenvalue weighted by Gasteiger charge is -2.13. The van der Waals surface area contributed by atoms with Gasteiger partial charge in [0, 0.05) is 13.2 Å². The molecule has 1 rings (SSSR count). The van der Waals surface area contributed by atoms with Gasteiger partial charge in [-0.3, -0.25) is 0 Å². The van der Waals surface area contributed by atoms with E-state index in [2.05, 4.69) is 5.32 Å². The smallest absolute Gasteiger partial charge is 0.382 e. The Morgan fingerprint density at radius 3 is 2.58 bits per heavy atom. The summed E-state index contributed by atoms with van der Waals surface area (Å²) in [5.74, 6) is 0.428. The van der Waals surface area contributed by atoms with E-state index < -0.39 is 11.7 Å². The van der Waals surface area contributed by atoms with Crippen LogP contribution in [0, 0.1) is 5.92 Å². The summed E-state index contributed by atoms with van der Waals surface area (Å²) in [4.78, 5) is 0. The molecule has 0 amide bonds. The minimum absolute atomic E-state index is 0.261. The monoisotopic (exact) mass is 295 g/mol. The molecule has 2 nitrogen and oxygen atoms in total. The predicted octanol–water partition coefficient (Wildman–Crippen LogP) is 4.44. The minimum Gasteiger partial charge on any atom is -0.382 e. The van der Waals surface area contributed by atoms with E-state index in [1.165, 1.54) is 6.07 Å². The van der Waals surface area contributed by atoms with Crippen molar-refractivity contribution in [1.29, 1.82) is 0 Å². The Morgan fingerprint density at radius 2 is 2.00 bits per heavy atom. The first-order chi connectivity index (χ1) is 8.80. The van der Waals surface area contributed by atoms with Crippen LogP contribution in [0.1, 0.15) is 19.4 Å². The quantitative estimate of drug-likeness (QED) is 0.783. The van der Waals surface area contributed by atoms with Gasteiger partial charge in [0.2, 0.25) is 0 Å². The van der Waals surface area contributed by atoms with Crippen molar-refractivity contribution in [2.24, 2.45) is 5.92 Å². The highest BCUT2D eigenvalue weighted by molar-refractivity contribution is 6.33. The van der Waals surface area contributed by atoms with E-state index in [0.717, 1.165) is 12.1 Å². The average Bonchev–Trinajstić information content (AvgIpc) is 2.29. The van der Waals surface area contributed by atoms with Gasteiger partial charge in [-0.15, -0.1) is 0 Å². The Morgan fingerprint density at radius 1 is 1.32 bits per heavy atom. The van der Waals surface area contributed by atoms with E-state index in [1.807, 2.05) is 13.8 Å². The molecule has 0 heterocycles. The van der Waals surface area contributed by atoms with Crippen LogP contribution in [0.15, 0.2) is 18.2 Å². The molecule has 0 aromatic heterocycles. The number of alkyl halides is 3. The summed E-state index contributed by atoms with van der Waals surface area (Å²) in [6.45, 7) is 5.50. The molecule has 1 aromatic rings. The lowest BCUT2D eigenvalue weighted by molar-refractivity contribution is -0.137. The standard InChI is InChI=1S/C13H17ClF3NO/c1-9(2)8-19-6-5-18-12-7-10(13(15,16)17)3-4-11(12)14/h3-4,7,9,18H,5-6,8H2,1-2H3. The zero-order valence-corrected chi connectivity index (χ0v) is 11.6. The first kappa shape index (κ1) is 16.1. The van der Waals surface area contributed by atoms with Crippen LogP contribution in [-0.2, 0) is 10.9 Å². The van der Waals surface area contributed by atoms with Gasteiger partial charge in [0.05, 0.1) is 22.9 Å². The molecule has 0 aliphatic carbocycles. The van der Waals surface area contributed by atoms with Crippen molar-refractivity contribution in [3.05, 3.63) is 28.8 Å². The molecular weight excluding hydrogens is 279 g/mol. The van der Waals surface area contributed by atoms with E-state index in [-0.39, 0.29) is 10.7 Å². The second-order valence-electron chi connectivity index (χ2n) is 4.59. The minimum atomic E-state index is -4.37. The summed E-state index contributed by atoms with van der Waals surface area (Å²) < 4.78 is 42.9. The molecule has 0 bridgehead atoms. The Labute approximate surface area is 115 Å². The largest absolute Gasteiger partial charge is 0.416 e. The van der Waals surface area contributed by atoms with Gasteiger partial charge in [-0.1, -0.05) is 25.4 Å². The normalized spacial score (nSPS) is 11.9. The average molecular weight is 296 g/mol. The fourth-order valence-electron chi connectivity index (χ4n) is 1.41. The number of ether oxygens (including phenoxy) is 1. The third-order valence-electron chi connectivity index (χ3n) is 2.31. The molecule has 0 saturated carbocycles. The summed E-state index contributed by atoms with van der Waals surface area (Å²) in [6.07, 6.45) is -4.37. The molecule has 0 radical (unpaired) electrons. The SMILES string of the molecule is CC(C)COCCNc1cc(C(F)(F)F)ccc1Cl. The van der Waals surface area contributed by atoms with Crippen molar-refractivity contribution in [3.63, 3.8) is 0 Å². The predicted molar refractivity (Wildman–Crippen MR) is 70.6 cm³/mol. The van der Waals surface area contributed by atoms with Gasteiger partial charge in [0.15, 0.2) is 0 Å². The molecule has 108 valence electrons. The number of hydrogen-bond donors (Lipinski definition) is 1. The van der Waals surface area contributed by atoms with Crippen LogP contribution in [0.4, 0.5) is 18.9 Å². The Bertz CT molecular complexity index is 407. The van der Waals surface area contributed by atoms with E-state index in [4.69, 9.17) is 16.3 Å². The van der Waals surface area contributed by atoms with Crippen molar-refractivity contribution in [2.75, 3.05) is 25.1 Å².